The van der Waals surface area contributed by atoms with Crippen LogP contribution in [0.3, 0.4) is 0 Å². The molecular formula is C13H10F2N7Os-3. The first-order chi connectivity index (χ1) is 10.5. The molecule has 0 atom stereocenters. The molecule has 0 N–H and O–H groups in total. The van der Waals surface area contributed by atoms with Gasteiger partial charge in [0.2, 0.25) is 0 Å². The van der Waals surface area contributed by atoms with Gasteiger partial charge < -0.3 is 19.8 Å². The van der Waals surface area contributed by atoms with Crippen LogP contribution < -0.4 is 9.80 Å². The van der Waals surface area contributed by atoms with Gasteiger partial charge in [0.15, 0.2) is 0 Å². The number of hydrogen-bond acceptors (Lipinski definition) is 7. The summed E-state index contributed by atoms with van der Waals surface area (Å²) in [6.07, 6.45) is 2.68. The summed E-state index contributed by atoms with van der Waals surface area (Å²) in [5, 5.41) is 19.8. The molecule has 23 heavy (non-hydrogen) atoms. The second-order valence-corrected chi connectivity index (χ2v) is 4.59. The van der Waals surface area contributed by atoms with Gasteiger partial charge in [-0.2, -0.15) is 5.26 Å². The predicted molar refractivity (Wildman–Crippen MR) is 76.0 cm³/mol. The molecule has 0 aliphatic carbocycles. The van der Waals surface area contributed by atoms with Crippen molar-refractivity contribution in [2.75, 3.05) is 23.9 Å². The van der Waals surface area contributed by atoms with E-state index < -0.39 is 17.2 Å². The van der Waals surface area contributed by atoms with Crippen molar-refractivity contribution in [3.8, 4) is 6.07 Å². The van der Waals surface area contributed by atoms with Crippen LogP contribution in [0.5, 0.6) is 0 Å². The molecule has 122 valence electrons. The van der Waals surface area contributed by atoms with Crippen LogP contribution in [0.1, 0.15) is 5.56 Å². The predicted octanol–water partition coefficient (Wildman–Crippen LogP) is 1.26. The number of rotatable bonds is 2. The molecule has 2 aliphatic heterocycles. The Hall–Kier alpha value is -2.25. The average Bonchev–Trinajstić information content (AvgIpc) is 3.09. The van der Waals surface area contributed by atoms with Crippen molar-refractivity contribution < 1.29 is 28.6 Å². The second kappa shape index (κ2) is 6.47. The zero-order chi connectivity index (χ0) is 15.9. The number of benzene rings is 1. The van der Waals surface area contributed by atoms with E-state index in [1.165, 1.54) is 45.8 Å². The van der Waals surface area contributed by atoms with Crippen LogP contribution >= 0.6 is 0 Å². The molecule has 0 aromatic heterocycles. The van der Waals surface area contributed by atoms with E-state index in [1.54, 1.807) is 20.2 Å². The number of halogens is 2. The van der Waals surface area contributed by atoms with E-state index in [9.17, 15) is 8.78 Å². The van der Waals surface area contributed by atoms with Gasteiger partial charge in [-0.3, -0.25) is 8.78 Å². The number of nitriles is 1. The van der Waals surface area contributed by atoms with Crippen LogP contribution in [0.4, 0.5) is 20.2 Å². The van der Waals surface area contributed by atoms with Gasteiger partial charge in [0.25, 0.3) is 0 Å². The van der Waals surface area contributed by atoms with Gasteiger partial charge in [-0.1, -0.05) is 11.4 Å². The van der Waals surface area contributed by atoms with E-state index in [1.807, 2.05) is 0 Å². The van der Waals surface area contributed by atoms with Gasteiger partial charge >= 0.3 is 0 Å². The molecule has 0 radical (unpaired) electrons. The molecule has 2 aliphatic rings. The minimum Gasteiger partial charge on any atom is -0.481 e. The maximum Gasteiger partial charge on any atom is 0.0829 e. The van der Waals surface area contributed by atoms with Crippen molar-refractivity contribution in [3.05, 3.63) is 36.6 Å². The summed E-state index contributed by atoms with van der Waals surface area (Å²) < 4.78 is 28.7. The molecule has 7 nitrogen and oxygen atoms in total. The quantitative estimate of drug-likeness (QED) is 0.582. The standard InChI is InChI=1S/C13H10F2N7.Os/c1-19-7-21(5-17-19)10-3-11(22-6-18-20(2)8-22)13(15)9(4-16)12(10)14;/h5-8H,1-2H3;/q-3;. The Morgan fingerprint density at radius 2 is 1.48 bits per heavy atom. The van der Waals surface area contributed by atoms with Gasteiger partial charge in [0, 0.05) is 37.0 Å². The summed E-state index contributed by atoms with van der Waals surface area (Å²) >= 11 is 0. The van der Waals surface area contributed by atoms with E-state index in [0.717, 1.165) is 0 Å². The van der Waals surface area contributed by atoms with Crippen molar-refractivity contribution >= 4 is 24.1 Å². The monoisotopic (exact) mass is 494 g/mol. The molecule has 0 saturated heterocycles. The molecule has 3 rings (SSSR count). The summed E-state index contributed by atoms with van der Waals surface area (Å²) in [7, 11) is 3.31. The Balaban J connectivity index is 0.00000192. The third-order valence-corrected chi connectivity index (χ3v) is 3.02. The van der Waals surface area contributed by atoms with Crippen LogP contribution in [0.15, 0.2) is 10.2 Å². The number of nitrogens with zero attached hydrogens (tertiary/aromatic N) is 7. The van der Waals surface area contributed by atoms with Crippen LogP contribution in [0, 0.1) is 42.4 Å². The summed E-state index contributed by atoms with van der Waals surface area (Å²) in [5.74, 6) is -1.99. The molecule has 0 bridgehead atoms. The largest absolute Gasteiger partial charge is 0.481 e. The molecule has 0 unspecified atom stereocenters. The minimum absolute atomic E-state index is 0. The zero-order valence-electron chi connectivity index (χ0n) is 12.0. The van der Waals surface area contributed by atoms with E-state index >= 15 is 0 Å². The molecule has 2 heterocycles. The van der Waals surface area contributed by atoms with Crippen LogP contribution in [0.25, 0.3) is 0 Å². The second-order valence-electron chi connectivity index (χ2n) is 4.59. The van der Waals surface area contributed by atoms with E-state index in [2.05, 4.69) is 16.3 Å². The fraction of sp³-hybridized carbons (Fsp3) is 0.154. The first-order valence-electron chi connectivity index (χ1n) is 6.16. The van der Waals surface area contributed by atoms with Gasteiger partial charge in [-0.25, -0.2) is 10.2 Å². The third-order valence-electron chi connectivity index (χ3n) is 3.02. The van der Waals surface area contributed by atoms with Crippen LogP contribution in [-0.4, -0.2) is 36.8 Å². The number of hydrazone groups is 2. The third kappa shape index (κ3) is 2.97. The topological polar surface area (TPSA) is 61.5 Å². The zero-order valence-corrected chi connectivity index (χ0v) is 14.6. The molecular weight excluding hydrogens is 482 g/mol. The van der Waals surface area contributed by atoms with Crippen LogP contribution in [0.2, 0.25) is 0 Å². The Bertz CT molecular complexity index is 665. The molecule has 0 spiro atoms. The molecule has 0 saturated carbocycles. The Kier molecular flexibility index (Phi) is 4.81. The van der Waals surface area contributed by atoms with Gasteiger partial charge in [0.05, 0.1) is 18.7 Å². The van der Waals surface area contributed by atoms with Crippen molar-refractivity contribution in [1.82, 2.24) is 10.0 Å². The molecule has 1 aromatic rings. The fourth-order valence-electron chi connectivity index (χ4n) is 1.99. The minimum atomic E-state index is -0.994. The Labute approximate surface area is 145 Å². The van der Waals surface area contributed by atoms with Crippen molar-refractivity contribution in [2.45, 2.75) is 0 Å². The van der Waals surface area contributed by atoms with E-state index in [-0.39, 0.29) is 31.2 Å². The molecule has 1 aromatic carbocycles. The van der Waals surface area contributed by atoms with Gasteiger partial charge in [-0.05, 0) is 14.1 Å². The smallest absolute Gasteiger partial charge is 0.0829 e. The normalized spacial score (nSPS) is 16.1. The maximum atomic E-state index is 14.3. The Morgan fingerprint density at radius 1 is 1.04 bits per heavy atom. The van der Waals surface area contributed by atoms with Crippen molar-refractivity contribution in [3.63, 3.8) is 0 Å². The van der Waals surface area contributed by atoms with Gasteiger partial charge in [-0.15, -0.1) is 19.4 Å². The van der Waals surface area contributed by atoms with E-state index in [4.69, 9.17) is 5.26 Å². The maximum absolute atomic E-state index is 14.3. The SMILES string of the molecule is CN1[CH-]N(c2[c-]c(N3C=NN(C)[CH-]3)c(F)c(C#N)c2F)C=N1.[Os]. The first kappa shape index (κ1) is 17.1. The van der Waals surface area contributed by atoms with Crippen molar-refractivity contribution in [2.24, 2.45) is 10.2 Å². The summed E-state index contributed by atoms with van der Waals surface area (Å²) in [4.78, 5) is 2.63. The summed E-state index contributed by atoms with van der Waals surface area (Å²) in [6.45, 7) is 2.96. The number of hydrogen-bond donors (Lipinski definition) is 0. The summed E-state index contributed by atoms with van der Waals surface area (Å²) in [6, 6.07) is 4.18. The molecule has 10 heteroatoms. The number of anilines is 2. The average molecular weight is 492 g/mol. The molecule has 0 amide bonds. The fourth-order valence-corrected chi connectivity index (χ4v) is 1.99. The van der Waals surface area contributed by atoms with Gasteiger partial charge in [0.1, 0.15) is 0 Å². The molecule has 0 fully saturated rings. The first-order valence-corrected chi connectivity index (χ1v) is 6.16. The Morgan fingerprint density at radius 3 is 1.78 bits per heavy atom. The van der Waals surface area contributed by atoms with Crippen molar-refractivity contribution in [1.29, 1.82) is 5.26 Å². The van der Waals surface area contributed by atoms with E-state index in [0.29, 0.717) is 0 Å². The van der Waals surface area contributed by atoms with Crippen LogP contribution in [-0.2, 0) is 19.8 Å². The summed E-state index contributed by atoms with van der Waals surface area (Å²) in [5.41, 5.74) is -0.883.